The molecule has 0 aliphatic rings. The molecule has 0 N–H and O–H groups in total. The molecule has 0 fully saturated rings. The summed E-state index contributed by atoms with van der Waals surface area (Å²) in [5.41, 5.74) is 6.27. The molecule has 2 heterocycles. The van der Waals surface area contributed by atoms with Crippen LogP contribution in [0.1, 0.15) is 0 Å². The number of rotatable bonds is 1. The molecule has 6 aromatic carbocycles. The van der Waals surface area contributed by atoms with E-state index in [9.17, 15) is 0 Å². The fourth-order valence-corrected chi connectivity index (χ4v) is 5.72. The maximum atomic E-state index is 5.82. The Hall–Kier alpha value is -4.70. The minimum absolute atomic E-state index is 0.840. The first-order valence-corrected chi connectivity index (χ1v) is 11.7. The Morgan fingerprint density at radius 2 is 1.17 bits per heavy atom. The molecule has 8 aromatic rings. The summed E-state index contributed by atoms with van der Waals surface area (Å²) in [6.45, 7) is 0. The van der Waals surface area contributed by atoms with Crippen molar-refractivity contribution in [3.8, 4) is 11.1 Å². The normalized spacial score (nSPS) is 12.1. The van der Waals surface area contributed by atoms with Gasteiger partial charge in [-0.3, -0.25) is 0 Å². The van der Waals surface area contributed by atoms with Gasteiger partial charge in [-0.25, -0.2) is 9.97 Å². The molecule has 8 rings (SSSR count). The predicted octanol–water partition coefficient (Wildman–Crippen LogP) is 7.99. The zero-order valence-electron chi connectivity index (χ0n) is 19.0. The van der Waals surface area contributed by atoms with Gasteiger partial charge in [0.25, 0.3) is 0 Å². The van der Waals surface area contributed by atoms with Gasteiger partial charge in [0, 0.05) is 28.6 Å². The zero-order chi connectivity index (χ0) is 23.1. The first kappa shape index (κ1) is 18.7. The van der Waals surface area contributed by atoms with Crippen LogP contribution >= 0.6 is 0 Å². The van der Waals surface area contributed by atoms with Crippen LogP contribution in [-0.4, -0.2) is 14.5 Å². The highest BCUT2D eigenvalue weighted by atomic mass is 16.3. The quantitative estimate of drug-likeness (QED) is 0.239. The van der Waals surface area contributed by atoms with E-state index in [-0.39, 0.29) is 0 Å². The molecule has 0 spiro atoms. The van der Waals surface area contributed by atoms with Crippen molar-refractivity contribution in [1.82, 2.24) is 14.5 Å². The van der Waals surface area contributed by atoms with Gasteiger partial charge in [-0.2, -0.15) is 0 Å². The first-order chi connectivity index (χ1) is 17.3. The number of imidazole rings is 1. The maximum Gasteiger partial charge on any atom is 0.182 e. The smallest absolute Gasteiger partial charge is 0.182 e. The number of hydrogen-bond acceptors (Lipinski definition) is 3. The third-order valence-corrected chi connectivity index (χ3v) is 7.32. The van der Waals surface area contributed by atoms with E-state index < -0.39 is 0 Å². The van der Waals surface area contributed by atoms with Gasteiger partial charge in [0.1, 0.15) is 5.52 Å². The van der Waals surface area contributed by atoms with Gasteiger partial charge in [0.2, 0.25) is 0 Å². The van der Waals surface area contributed by atoms with Crippen LogP contribution in [-0.2, 0) is 7.05 Å². The largest absolute Gasteiger partial charge is 0.443 e. The average molecular weight is 450 g/mol. The summed E-state index contributed by atoms with van der Waals surface area (Å²) in [6, 6.07) is 30.3. The number of nitrogens with zero attached hydrogens (tertiary/aromatic N) is 3. The third-order valence-electron chi connectivity index (χ3n) is 7.32. The van der Waals surface area contributed by atoms with E-state index in [2.05, 4.69) is 95.5 Å². The Kier molecular flexibility index (Phi) is 3.56. The van der Waals surface area contributed by atoms with Gasteiger partial charge in [-0.1, -0.05) is 72.8 Å². The number of fused-ring (bicyclic) bond motifs is 12. The zero-order valence-corrected chi connectivity index (χ0v) is 19.0. The molecule has 0 amide bonds. The highest BCUT2D eigenvalue weighted by Gasteiger charge is 2.15. The van der Waals surface area contributed by atoms with Crippen LogP contribution < -0.4 is 0 Å². The summed E-state index contributed by atoms with van der Waals surface area (Å²) in [4.78, 5) is 9.32. The van der Waals surface area contributed by atoms with Crippen molar-refractivity contribution in [3.63, 3.8) is 0 Å². The summed E-state index contributed by atoms with van der Waals surface area (Å²) in [5.74, 6) is 0. The van der Waals surface area contributed by atoms with E-state index in [4.69, 9.17) is 9.40 Å². The fraction of sp³-hybridized carbons (Fsp3) is 0.0323. The molecular weight excluding hydrogens is 430 g/mol. The molecule has 0 aliphatic heterocycles. The molecule has 0 saturated heterocycles. The lowest BCUT2D eigenvalue weighted by molar-refractivity contribution is 0.605. The molecule has 35 heavy (non-hydrogen) atoms. The van der Waals surface area contributed by atoms with Gasteiger partial charge in [0.05, 0.1) is 17.4 Å². The van der Waals surface area contributed by atoms with Crippen molar-refractivity contribution in [3.05, 3.63) is 97.7 Å². The van der Waals surface area contributed by atoms with Gasteiger partial charge in [0.15, 0.2) is 12.0 Å². The van der Waals surface area contributed by atoms with E-state index >= 15 is 0 Å². The summed E-state index contributed by atoms with van der Waals surface area (Å²) < 4.78 is 7.94. The van der Waals surface area contributed by atoms with Crippen molar-refractivity contribution in [2.45, 2.75) is 0 Å². The molecule has 164 valence electrons. The van der Waals surface area contributed by atoms with E-state index in [0.717, 1.165) is 38.5 Å². The Morgan fingerprint density at radius 3 is 1.94 bits per heavy atom. The lowest BCUT2D eigenvalue weighted by Crippen LogP contribution is -1.89. The molecule has 0 saturated carbocycles. The molecule has 0 unspecified atom stereocenters. The van der Waals surface area contributed by atoms with E-state index in [1.54, 1.807) is 6.39 Å². The number of oxazole rings is 1. The lowest BCUT2D eigenvalue weighted by atomic mass is 9.93. The second-order valence-electron chi connectivity index (χ2n) is 9.19. The molecule has 0 aliphatic carbocycles. The molecule has 0 radical (unpaired) electrons. The standard InChI is InChI=1S/C31H19N3O/c1-34-16-32-28-24-8-4-2-6-20(24)23-13-11-19(15-27(23)30(28)34)18-10-12-22-21-7-3-5-9-25(21)31-29(26(22)14-18)33-17-35-31/h2-17H,1H3. The van der Waals surface area contributed by atoms with Gasteiger partial charge in [-0.15, -0.1) is 0 Å². The first-order valence-electron chi connectivity index (χ1n) is 11.7. The monoisotopic (exact) mass is 449 g/mol. The van der Waals surface area contributed by atoms with Gasteiger partial charge >= 0.3 is 0 Å². The highest BCUT2D eigenvalue weighted by molar-refractivity contribution is 6.25. The Labute approximate surface area is 200 Å². The molecular formula is C31H19N3O. The average Bonchev–Trinajstić information content (AvgIpc) is 3.56. The van der Waals surface area contributed by atoms with Crippen molar-refractivity contribution >= 4 is 65.2 Å². The SMILES string of the molecule is Cn1cnc2c3ccccc3c3ccc(-c4ccc5c6ccccc6c6ocnc6c5c4)cc3c21. The van der Waals surface area contributed by atoms with Crippen molar-refractivity contribution in [2.24, 2.45) is 7.05 Å². The molecule has 4 heteroatoms. The molecule has 0 bridgehead atoms. The second kappa shape index (κ2) is 6.67. The summed E-state index contributed by atoms with van der Waals surface area (Å²) in [6.07, 6.45) is 3.45. The lowest BCUT2D eigenvalue weighted by Gasteiger charge is -2.11. The summed E-state index contributed by atoms with van der Waals surface area (Å²) in [5, 5.41) is 9.44. The number of aryl methyl sites for hydroxylation is 1. The molecule has 0 atom stereocenters. The van der Waals surface area contributed by atoms with Crippen LogP contribution in [0, 0.1) is 0 Å². The van der Waals surface area contributed by atoms with Gasteiger partial charge < -0.3 is 8.98 Å². The van der Waals surface area contributed by atoms with Crippen LogP contribution in [0.15, 0.2) is 102 Å². The Bertz CT molecular complexity index is 2130. The minimum Gasteiger partial charge on any atom is -0.443 e. The van der Waals surface area contributed by atoms with Crippen LogP contribution in [0.4, 0.5) is 0 Å². The predicted molar refractivity (Wildman–Crippen MR) is 144 cm³/mol. The van der Waals surface area contributed by atoms with Crippen LogP contribution in [0.25, 0.3) is 76.3 Å². The molecule has 2 aromatic heterocycles. The summed E-state index contributed by atoms with van der Waals surface area (Å²) >= 11 is 0. The van der Waals surface area contributed by atoms with E-state index in [1.807, 2.05) is 12.4 Å². The molecule has 4 nitrogen and oxygen atoms in total. The Morgan fingerprint density at radius 1 is 0.571 bits per heavy atom. The number of aromatic nitrogens is 3. The highest BCUT2D eigenvalue weighted by Crippen LogP contribution is 2.39. The summed E-state index contributed by atoms with van der Waals surface area (Å²) in [7, 11) is 2.07. The van der Waals surface area contributed by atoms with Crippen molar-refractivity contribution in [1.29, 1.82) is 0 Å². The Balaban J connectivity index is 1.45. The van der Waals surface area contributed by atoms with E-state index in [0.29, 0.717) is 0 Å². The number of hydrogen-bond donors (Lipinski definition) is 0. The van der Waals surface area contributed by atoms with Crippen molar-refractivity contribution in [2.75, 3.05) is 0 Å². The third kappa shape index (κ3) is 2.46. The van der Waals surface area contributed by atoms with Crippen molar-refractivity contribution < 1.29 is 4.42 Å². The number of benzene rings is 6. The maximum absolute atomic E-state index is 5.82. The van der Waals surface area contributed by atoms with Gasteiger partial charge in [-0.05, 0) is 44.8 Å². The van der Waals surface area contributed by atoms with Crippen LogP contribution in [0.2, 0.25) is 0 Å². The minimum atomic E-state index is 0.840. The van der Waals surface area contributed by atoms with E-state index in [1.165, 1.54) is 37.9 Å². The van der Waals surface area contributed by atoms with Crippen LogP contribution in [0.3, 0.4) is 0 Å². The van der Waals surface area contributed by atoms with Crippen LogP contribution in [0.5, 0.6) is 0 Å². The topological polar surface area (TPSA) is 43.9 Å². The fourth-order valence-electron chi connectivity index (χ4n) is 5.72. The second-order valence-corrected chi connectivity index (χ2v) is 9.19.